The summed E-state index contributed by atoms with van der Waals surface area (Å²) in [5.74, 6) is 0.606. The molecular formula is C20H23FN2O2. The fourth-order valence-corrected chi connectivity index (χ4v) is 2.84. The molecule has 0 atom stereocenters. The van der Waals surface area contributed by atoms with Crippen LogP contribution in [0.2, 0.25) is 0 Å². The Bertz CT molecular complexity index is 814. The molecule has 2 aromatic carbocycles. The van der Waals surface area contributed by atoms with Gasteiger partial charge in [-0.2, -0.15) is 0 Å². The van der Waals surface area contributed by atoms with Crippen LogP contribution < -0.4 is 4.74 Å². The first-order valence-corrected chi connectivity index (χ1v) is 8.46. The molecule has 0 amide bonds. The molecule has 0 saturated carbocycles. The van der Waals surface area contributed by atoms with Crippen LogP contribution in [0.25, 0.3) is 16.6 Å². The third-order valence-electron chi connectivity index (χ3n) is 4.20. The van der Waals surface area contributed by atoms with E-state index in [-0.39, 0.29) is 12.4 Å². The van der Waals surface area contributed by atoms with Crippen molar-refractivity contribution in [3.05, 3.63) is 60.5 Å². The quantitative estimate of drug-likeness (QED) is 0.637. The van der Waals surface area contributed by atoms with E-state index in [4.69, 9.17) is 9.84 Å². The lowest BCUT2D eigenvalue weighted by Gasteiger charge is -2.15. The highest BCUT2D eigenvalue weighted by atomic mass is 19.1. The van der Waals surface area contributed by atoms with E-state index in [9.17, 15) is 4.39 Å². The lowest BCUT2D eigenvalue weighted by Crippen LogP contribution is -2.24. The van der Waals surface area contributed by atoms with Gasteiger partial charge in [0, 0.05) is 30.4 Å². The number of rotatable bonds is 8. The molecule has 0 aliphatic carbocycles. The van der Waals surface area contributed by atoms with Crippen molar-refractivity contribution in [2.45, 2.75) is 6.42 Å². The molecule has 0 aliphatic heterocycles. The lowest BCUT2D eigenvalue weighted by atomic mass is 10.2. The van der Waals surface area contributed by atoms with E-state index >= 15 is 0 Å². The van der Waals surface area contributed by atoms with Gasteiger partial charge < -0.3 is 19.3 Å². The van der Waals surface area contributed by atoms with Gasteiger partial charge in [-0.15, -0.1) is 0 Å². The number of benzene rings is 2. The number of nitrogens with zero attached hydrogens (tertiary/aromatic N) is 2. The Kier molecular flexibility index (Phi) is 5.68. The first-order valence-electron chi connectivity index (χ1n) is 8.46. The van der Waals surface area contributed by atoms with Crippen molar-refractivity contribution in [3.8, 4) is 11.4 Å². The fourth-order valence-electron chi connectivity index (χ4n) is 2.84. The molecule has 5 heteroatoms. The highest BCUT2D eigenvalue weighted by Crippen LogP contribution is 2.25. The van der Waals surface area contributed by atoms with Gasteiger partial charge in [-0.1, -0.05) is 0 Å². The Labute approximate surface area is 147 Å². The van der Waals surface area contributed by atoms with Crippen LogP contribution in [0, 0.1) is 5.82 Å². The summed E-state index contributed by atoms with van der Waals surface area (Å²) < 4.78 is 20.9. The van der Waals surface area contributed by atoms with Crippen LogP contribution in [-0.2, 0) is 0 Å². The summed E-state index contributed by atoms with van der Waals surface area (Å²) in [5.41, 5.74) is 1.98. The van der Waals surface area contributed by atoms with E-state index in [1.165, 1.54) is 12.1 Å². The summed E-state index contributed by atoms with van der Waals surface area (Å²) in [6, 6.07) is 14.5. The molecule has 1 N–H and O–H groups in total. The summed E-state index contributed by atoms with van der Waals surface area (Å²) in [4.78, 5) is 2.08. The van der Waals surface area contributed by atoms with Crippen LogP contribution in [0.15, 0.2) is 54.7 Å². The molecule has 3 aromatic rings. The van der Waals surface area contributed by atoms with Crippen molar-refractivity contribution in [1.29, 1.82) is 0 Å². The maximum Gasteiger partial charge on any atom is 0.123 e. The van der Waals surface area contributed by atoms with Crippen molar-refractivity contribution in [1.82, 2.24) is 9.47 Å². The normalized spacial score (nSPS) is 11.4. The molecule has 0 fully saturated rings. The number of aliphatic hydroxyl groups excluding tert-OH is 1. The first-order chi connectivity index (χ1) is 12.2. The molecule has 132 valence electrons. The zero-order valence-corrected chi connectivity index (χ0v) is 14.4. The fraction of sp³-hybridized carbons (Fsp3) is 0.300. The van der Waals surface area contributed by atoms with E-state index in [1.807, 2.05) is 42.1 Å². The third-order valence-corrected chi connectivity index (χ3v) is 4.20. The molecular weight excluding hydrogens is 319 g/mol. The molecule has 4 nitrogen and oxygen atoms in total. The van der Waals surface area contributed by atoms with Gasteiger partial charge in [-0.25, -0.2) is 4.39 Å². The summed E-state index contributed by atoms with van der Waals surface area (Å²) in [5, 5.41) is 9.96. The zero-order valence-electron chi connectivity index (χ0n) is 14.4. The van der Waals surface area contributed by atoms with Gasteiger partial charge in [0.1, 0.15) is 11.6 Å². The maximum atomic E-state index is 13.1. The van der Waals surface area contributed by atoms with Gasteiger partial charge in [0.2, 0.25) is 0 Å². The molecule has 0 aliphatic rings. The number of halogens is 1. The van der Waals surface area contributed by atoms with Gasteiger partial charge in [-0.05, 0) is 62.0 Å². The van der Waals surface area contributed by atoms with E-state index in [1.54, 1.807) is 12.1 Å². The second-order valence-corrected chi connectivity index (χ2v) is 6.11. The highest BCUT2D eigenvalue weighted by molar-refractivity contribution is 5.83. The molecule has 0 saturated heterocycles. The minimum atomic E-state index is -0.236. The van der Waals surface area contributed by atoms with Crippen molar-refractivity contribution in [2.75, 3.05) is 33.4 Å². The van der Waals surface area contributed by atoms with Crippen LogP contribution in [-0.4, -0.2) is 47.9 Å². The number of hydrogen-bond donors (Lipinski definition) is 1. The molecule has 1 aromatic heterocycles. The topological polar surface area (TPSA) is 37.6 Å². The average molecular weight is 342 g/mol. The second-order valence-electron chi connectivity index (χ2n) is 6.11. The number of fused-ring (bicyclic) bond motifs is 1. The van der Waals surface area contributed by atoms with Crippen LogP contribution in [0.4, 0.5) is 4.39 Å². The number of hydrogen-bond acceptors (Lipinski definition) is 3. The van der Waals surface area contributed by atoms with Gasteiger partial charge >= 0.3 is 0 Å². The first kappa shape index (κ1) is 17.5. The summed E-state index contributed by atoms with van der Waals surface area (Å²) in [7, 11) is 1.99. The maximum absolute atomic E-state index is 13.1. The monoisotopic (exact) mass is 342 g/mol. The molecule has 0 unspecified atom stereocenters. The van der Waals surface area contributed by atoms with Crippen LogP contribution in [0.3, 0.4) is 0 Å². The Hall–Kier alpha value is -2.37. The number of likely N-dealkylation sites (N-methyl/N-ethyl adjacent to an activating group) is 1. The van der Waals surface area contributed by atoms with Crippen LogP contribution in [0.5, 0.6) is 5.75 Å². The molecule has 25 heavy (non-hydrogen) atoms. The van der Waals surface area contributed by atoms with Gasteiger partial charge in [0.15, 0.2) is 0 Å². The average Bonchev–Trinajstić information content (AvgIpc) is 3.03. The van der Waals surface area contributed by atoms with Crippen molar-refractivity contribution in [3.63, 3.8) is 0 Å². The molecule has 0 radical (unpaired) electrons. The summed E-state index contributed by atoms with van der Waals surface area (Å²) in [6.45, 7) is 2.39. The summed E-state index contributed by atoms with van der Waals surface area (Å²) >= 11 is 0. The Balaban J connectivity index is 1.64. The number of aliphatic hydroxyl groups is 1. The molecule has 3 rings (SSSR count). The second kappa shape index (κ2) is 8.14. The molecule has 1 heterocycles. The van der Waals surface area contributed by atoms with E-state index in [0.717, 1.165) is 35.3 Å². The van der Waals surface area contributed by atoms with Crippen LogP contribution in [0.1, 0.15) is 6.42 Å². The smallest absolute Gasteiger partial charge is 0.123 e. The van der Waals surface area contributed by atoms with E-state index < -0.39 is 0 Å². The largest absolute Gasteiger partial charge is 0.494 e. The Morgan fingerprint density at radius 3 is 2.64 bits per heavy atom. The minimum Gasteiger partial charge on any atom is -0.494 e. The van der Waals surface area contributed by atoms with E-state index in [2.05, 4.69) is 4.90 Å². The van der Waals surface area contributed by atoms with Crippen molar-refractivity contribution >= 4 is 10.9 Å². The van der Waals surface area contributed by atoms with Crippen molar-refractivity contribution < 1.29 is 14.2 Å². The SMILES string of the molecule is CN(CCO)CCCOc1ccc2c(ccn2-c2ccc(F)cc2)c1. The Morgan fingerprint density at radius 1 is 1.08 bits per heavy atom. The van der Waals surface area contributed by atoms with Crippen LogP contribution >= 0.6 is 0 Å². The number of ether oxygens (including phenoxy) is 1. The molecule has 0 bridgehead atoms. The predicted octanol–water partition coefficient (Wildman–Crippen LogP) is 3.46. The van der Waals surface area contributed by atoms with Gasteiger partial charge in [-0.3, -0.25) is 0 Å². The zero-order chi connectivity index (χ0) is 17.6. The predicted molar refractivity (Wildman–Crippen MR) is 97.9 cm³/mol. The van der Waals surface area contributed by atoms with E-state index in [0.29, 0.717) is 13.2 Å². The lowest BCUT2D eigenvalue weighted by molar-refractivity contribution is 0.207. The minimum absolute atomic E-state index is 0.180. The highest BCUT2D eigenvalue weighted by Gasteiger charge is 2.05. The van der Waals surface area contributed by atoms with Crippen molar-refractivity contribution in [2.24, 2.45) is 0 Å². The van der Waals surface area contributed by atoms with Gasteiger partial charge in [0.05, 0.1) is 18.7 Å². The summed E-state index contributed by atoms with van der Waals surface area (Å²) in [6.07, 6.45) is 2.89. The standard InChI is InChI=1S/C20H23FN2O2/c1-22(12-13-24)10-2-14-25-19-7-8-20-16(15-19)9-11-23(20)18-5-3-17(21)4-6-18/h3-9,11,15,24H,2,10,12-14H2,1H3. The molecule has 0 spiro atoms. The van der Waals surface area contributed by atoms with Gasteiger partial charge in [0.25, 0.3) is 0 Å². The Morgan fingerprint density at radius 2 is 1.88 bits per heavy atom. The number of aromatic nitrogens is 1. The third kappa shape index (κ3) is 4.38.